The number of hydrogen-bond donors (Lipinski definition) is 1. The van der Waals surface area contributed by atoms with Gasteiger partial charge in [0.1, 0.15) is 0 Å². The molecule has 0 aliphatic rings. The number of nitrogens with two attached hydrogens (primary N) is 1. The molecule has 1 heterocycles. The molecule has 1 aromatic carbocycles. The molecule has 0 unspecified atom stereocenters. The van der Waals surface area contributed by atoms with Crippen molar-refractivity contribution < 1.29 is 14.3 Å². The number of anilines is 2. The average molecular weight is 277 g/mol. The third kappa shape index (κ3) is 2.71. The van der Waals surface area contributed by atoms with Crippen LogP contribution in [-0.4, -0.2) is 21.1 Å². The van der Waals surface area contributed by atoms with E-state index in [4.69, 9.17) is 5.73 Å². The Labute approximate surface area is 113 Å². The van der Waals surface area contributed by atoms with Crippen molar-refractivity contribution >= 4 is 23.2 Å². The molecule has 0 bridgehead atoms. The number of nitro benzene ring substituents is 1. The van der Waals surface area contributed by atoms with Crippen LogP contribution in [-0.2, 0) is 11.3 Å². The number of amides is 1. The SMILES string of the molecule is CC(=O)N(Cc1ccc([N+](=O)[O-])cc1)c1nonc1N. The minimum atomic E-state index is -0.494. The molecule has 1 amide bonds. The van der Waals surface area contributed by atoms with Crippen molar-refractivity contribution in [1.29, 1.82) is 0 Å². The second-order valence-corrected chi connectivity index (χ2v) is 4.00. The third-order valence-electron chi connectivity index (χ3n) is 2.62. The summed E-state index contributed by atoms with van der Waals surface area (Å²) in [5.74, 6) is -0.177. The second-order valence-electron chi connectivity index (χ2n) is 4.00. The summed E-state index contributed by atoms with van der Waals surface area (Å²) in [7, 11) is 0. The maximum absolute atomic E-state index is 11.6. The topological polar surface area (TPSA) is 128 Å². The van der Waals surface area contributed by atoms with E-state index in [2.05, 4.69) is 14.9 Å². The molecular formula is C11H11N5O4. The number of carbonyl (C=O) groups is 1. The van der Waals surface area contributed by atoms with Gasteiger partial charge in [-0.25, -0.2) is 4.63 Å². The highest BCUT2D eigenvalue weighted by molar-refractivity contribution is 5.92. The summed E-state index contributed by atoms with van der Waals surface area (Å²) in [6.45, 7) is 1.51. The van der Waals surface area contributed by atoms with Gasteiger partial charge in [-0.2, -0.15) is 0 Å². The number of carbonyl (C=O) groups excluding carboxylic acids is 1. The first-order chi connectivity index (χ1) is 9.49. The minimum Gasteiger partial charge on any atom is -0.378 e. The first-order valence-electron chi connectivity index (χ1n) is 5.58. The summed E-state index contributed by atoms with van der Waals surface area (Å²) < 4.78 is 4.46. The Kier molecular flexibility index (Phi) is 3.60. The minimum absolute atomic E-state index is 0.00196. The number of aromatic nitrogens is 2. The molecule has 0 atom stereocenters. The lowest BCUT2D eigenvalue weighted by molar-refractivity contribution is -0.384. The molecule has 0 radical (unpaired) electrons. The molecule has 2 aromatic rings. The lowest BCUT2D eigenvalue weighted by Crippen LogP contribution is -2.28. The zero-order valence-electron chi connectivity index (χ0n) is 10.5. The van der Waals surface area contributed by atoms with Crippen LogP contribution in [0.15, 0.2) is 28.9 Å². The van der Waals surface area contributed by atoms with E-state index in [0.29, 0.717) is 5.56 Å². The highest BCUT2D eigenvalue weighted by Gasteiger charge is 2.20. The van der Waals surface area contributed by atoms with Crippen molar-refractivity contribution in [3.05, 3.63) is 39.9 Å². The Bertz CT molecular complexity index is 637. The lowest BCUT2D eigenvalue weighted by atomic mass is 10.2. The molecule has 0 aliphatic heterocycles. The second kappa shape index (κ2) is 5.34. The van der Waals surface area contributed by atoms with Crippen LogP contribution >= 0.6 is 0 Å². The van der Waals surface area contributed by atoms with E-state index in [-0.39, 0.29) is 29.8 Å². The Morgan fingerprint density at radius 1 is 1.40 bits per heavy atom. The molecular weight excluding hydrogens is 266 g/mol. The van der Waals surface area contributed by atoms with Gasteiger partial charge in [-0.15, -0.1) is 0 Å². The molecule has 20 heavy (non-hydrogen) atoms. The number of non-ortho nitro benzene ring substituents is 1. The Morgan fingerprint density at radius 2 is 2.05 bits per heavy atom. The molecule has 9 nitrogen and oxygen atoms in total. The van der Waals surface area contributed by atoms with E-state index in [1.54, 1.807) is 12.1 Å². The van der Waals surface area contributed by atoms with E-state index >= 15 is 0 Å². The number of rotatable bonds is 4. The van der Waals surface area contributed by atoms with Crippen LogP contribution in [0, 0.1) is 10.1 Å². The third-order valence-corrected chi connectivity index (χ3v) is 2.62. The fraction of sp³-hybridized carbons (Fsp3) is 0.182. The highest BCUT2D eigenvalue weighted by Crippen LogP contribution is 2.21. The molecule has 2 rings (SSSR count). The average Bonchev–Trinajstić information content (AvgIpc) is 2.82. The highest BCUT2D eigenvalue weighted by atomic mass is 16.6. The predicted octanol–water partition coefficient (Wildman–Crippen LogP) is 1.11. The van der Waals surface area contributed by atoms with Crippen LogP contribution in [0.1, 0.15) is 12.5 Å². The molecule has 0 aliphatic carbocycles. The Hall–Kier alpha value is -2.97. The standard InChI is InChI=1S/C11H11N5O4/c1-7(17)15(11-10(12)13-20-14-11)6-8-2-4-9(5-3-8)16(18)19/h2-5H,6H2,1H3,(H2,12,13). The van der Waals surface area contributed by atoms with Crippen molar-refractivity contribution in [2.75, 3.05) is 10.6 Å². The van der Waals surface area contributed by atoms with Crippen molar-refractivity contribution in [2.24, 2.45) is 0 Å². The molecule has 0 saturated heterocycles. The van der Waals surface area contributed by atoms with Gasteiger partial charge in [-0.3, -0.25) is 19.8 Å². The van der Waals surface area contributed by atoms with Crippen LogP contribution in [0.5, 0.6) is 0 Å². The zero-order chi connectivity index (χ0) is 14.7. The van der Waals surface area contributed by atoms with Crippen LogP contribution in [0.4, 0.5) is 17.3 Å². The zero-order valence-corrected chi connectivity index (χ0v) is 10.5. The molecule has 1 aromatic heterocycles. The summed E-state index contributed by atoms with van der Waals surface area (Å²) >= 11 is 0. The summed E-state index contributed by atoms with van der Waals surface area (Å²) in [6.07, 6.45) is 0. The van der Waals surface area contributed by atoms with Gasteiger partial charge in [0, 0.05) is 19.1 Å². The van der Waals surface area contributed by atoms with Gasteiger partial charge in [-0.05, 0) is 15.9 Å². The molecule has 2 N–H and O–H groups in total. The van der Waals surface area contributed by atoms with E-state index in [9.17, 15) is 14.9 Å². The largest absolute Gasteiger partial charge is 0.378 e. The summed E-state index contributed by atoms with van der Waals surface area (Å²) in [5, 5.41) is 17.5. The molecule has 0 fully saturated rings. The lowest BCUT2D eigenvalue weighted by Gasteiger charge is -2.17. The smallest absolute Gasteiger partial charge is 0.269 e. The normalized spacial score (nSPS) is 10.2. The van der Waals surface area contributed by atoms with Crippen molar-refractivity contribution in [2.45, 2.75) is 13.5 Å². The summed E-state index contributed by atoms with van der Waals surface area (Å²) in [6, 6.07) is 5.83. The van der Waals surface area contributed by atoms with E-state index in [0.717, 1.165) is 0 Å². The van der Waals surface area contributed by atoms with Crippen molar-refractivity contribution in [3.63, 3.8) is 0 Å². The van der Waals surface area contributed by atoms with Gasteiger partial charge >= 0.3 is 0 Å². The molecule has 104 valence electrons. The summed E-state index contributed by atoms with van der Waals surface area (Å²) in [5.41, 5.74) is 6.21. The van der Waals surface area contributed by atoms with E-state index in [1.807, 2.05) is 0 Å². The van der Waals surface area contributed by atoms with Crippen molar-refractivity contribution in [3.8, 4) is 0 Å². The van der Waals surface area contributed by atoms with Gasteiger partial charge in [0.2, 0.25) is 17.5 Å². The first-order valence-corrected chi connectivity index (χ1v) is 5.58. The number of nitrogens with zero attached hydrogens (tertiary/aromatic N) is 4. The van der Waals surface area contributed by atoms with Crippen molar-refractivity contribution in [1.82, 2.24) is 10.3 Å². The van der Waals surface area contributed by atoms with Crippen LogP contribution in [0.3, 0.4) is 0 Å². The number of nitrogen functional groups attached to an aromatic ring is 1. The monoisotopic (exact) mass is 277 g/mol. The van der Waals surface area contributed by atoms with Gasteiger partial charge in [0.15, 0.2) is 0 Å². The van der Waals surface area contributed by atoms with Crippen LogP contribution < -0.4 is 10.6 Å². The number of nitro groups is 1. The van der Waals surface area contributed by atoms with Gasteiger partial charge in [-0.1, -0.05) is 12.1 Å². The quantitative estimate of drug-likeness (QED) is 0.654. The maximum Gasteiger partial charge on any atom is 0.269 e. The Morgan fingerprint density at radius 3 is 2.50 bits per heavy atom. The van der Waals surface area contributed by atoms with Gasteiger partial charge in [0.25, 0.3) is 5.69 Å². The number of hydrogen-bond acceptors (Lipinski definition) is 7. The van der Waals surface area contributed by atoms with Gasteiger partial charge < -0.3 is 5.73 Å². The summed E-state index contributed by atoms with van der Waals surface area (Å²) in [4.78, 5) is 23.0. The fourth-order valence-electron chi connectivity index (χ4n) is 1.62. The fourth-order valence-corrected chi connectivity index (χ4v) is 1.62. The number of benzene rings is 1. The van der Waals surface area contributed by atoms with Crippen LogP contribution in [0.2, 0.25) is 0 Å². The van der Waals surface area contributed by atoms with E-state index < -0.39 is 4.92 Å². The predicted molar refractivity (Wildman–Crippen MR) is 68.7 cm³/mol. The molecule has 9 heteroatoms. The van der Waals surface area contributed by atoms with Gasteiger partial charge in [0.05, 0.1) is 11.5 Å². The first kappa shape index (κ1) is 13.5. The molecule has 0 spiro atoms. The maximum atomic E-state index is 11.6. The van der Waals surface area contributed by atoms with E-state index in [1.165, 1.54) is 24.0 Å². The molecule has 0 saturated carbocycles. The van der Waals surface area contributed by atoms with Crippen LogP contribution in [0.25, 0.3) is 0 Å². The Balaban J connectivity index is 2.23.